The van der Waals surface area contributed by atoms with E-state index in [1.54, 1.807) is 0 Å². The summed E-state index contributed by atoms with van der Waals surface area (Å²) < 4.78 is 12.0. The van der Waals surface area contributed by atoms with Gasteiger partial charge in [0.25, 0.3) is 0 Å². The lowest BCUT2D eigenvalue weighted by Crippen LogP contribution is -2.43. The van der Waals surface area contributed by atoms with Gasteiger partial charge in [-0.05, 0) is 62.2 Å². The third-order valence-corrected chi connectivity index (χ3v) is 7.70. The van der Waals surface area contributed by atoms with Crippen LogP contribution in [0.4, 0.5) is 0 Å². The summed E-state index contributed by atoms with van der Waals surface area (Å²) in [6, 6.07) is 0. The van der Waals surface area contributed by atoms with E-state index >= 15 is 0 Å². The monoisotopic (exact) mass is 364 g/mol. The molecule has 6 atom stereocenters. The molecule has 4 aliphatic carbocycles. The van der Waals surface area contributed by atoms with Crippen molar-refractivity contribution in [3.63, 3.8) is 0 Å². The van der Waals surface area contributed by atoms with Crippen LogP contribution in [0.15, 0.2) is 0 Å². The highest BCUT2D eigenvalue weighted by atomic mass is 16.7. The summed E-state index contributed by atoms with van der Waals surface area (Å²) in [6.45, 7) is 3.96. The fourth-order valence-corrected chi connectivity index (χ4v) is 6.36. The Kier molecular flexibility index (Phi) is 4.79. The van der Waals surface area contributed by atoms with Crippen LogP contribution in [0.3, 0.4) is 0 Å². The fourth-order valence-electron chi connectivity index (χ4n) is 6.36. The Hall–Kier alpha value is -1.10. The molecular formula is C21H32O5. The summed E-state index contributed by atoms with van der Waals surface area (Å²) in [4.78, 5) is 24.5. The lowest BCUT2D eigenvalue weighted by molar-refractivity contribution is -0.219. The predicted molar refractivity (Wildman–Crippen MR) is 95.2 cm³/mol. The van der Waals surface area contributed by atoms with Gasteiger partial charge in [0.1, 0.15) is 0 Å². The van der Waals surface area contributed by atoms with Crippen LogP contribution in [0.25, 0.3) is 0 Å². The molecule has 5 nitrogen and oxygen atoms in total. The first-order chi connectivity index (χ1) is 12.4. The Morgan fingerprint density at radius 3 is 2.35 bits per heavy atom. The van der Waals surface area contributed by atoms with E-state index in [1.807, 2.05) is 13.8 Å². The van der Waals surface area contributed by atoms with E-state index in [4.69, 9.17) is 9.47 Å². The Morgan fingerprint density at radius 1 is 1.00 bits per heavy atom. The molecule has 4 fully saturated rings. The lowest BCUT2D eigenvalue weighted by Gasteiger charge is -2.35. The first-order valence-electron chi connectivity index (χ1n) is 10.5. The smallest absolute Gasteiger partial charge is 0.325 e. The van der Waals surface area contributed by atoms with E-state index in [2.05, 4.69) is 0 Å². The van der Waals surface area contributed by atoms with Gasteiger partial charge in [0.2, 0.25) is 6.29 Å². The molecule has 1 N–H and O–H groups in total. The van der Waals surface area contributed by atoms with Gasteiger partial charge in [0, 0.05) is 5.92 Å². The van der Waals surface area contributed by atoms with Crippen LogP contribution in [0.2, 0.25) is 0 Å². The molecule has 26 heavy (non-hydrogen) atoms. The number of esters is 1. The highest BCUT2D eigenvalue weighted by Gasteiger charge is 2.55. The van der Waals surface area contributed by atoms with Gasteiger partial charge in [-0.2, -0.15) is 0 Å². The van der Waals surface area contributed by atoms with E-state index in [0.717, 1.165) is 37.0 Å². The van der Waals surface area contributed by atoms with Gasteiger partial charge < -0.3 is 14.6 Å². The first-order valence-corrected chi connectivity index (χ1v) is 10.5. The normalized spacial score (nSPS) is 38.5. The van der Waals surface area contributed by atoms with Gasteiger partial charge in [-0.15, -0.1) is 0 Å². The molecule has 6 unspecified atom stereocenters. The first kappa shape index (κ1) is 18.3. The van der Waals surface area contributed by atoms with Crippen LogP contribution in [-0.4, -0.2) is 29.4 Å². The van der Waals surface area contributed by atoms with Gasteiger partial charge in [-0.3, -0.25) is 9.59 Å². The van der Waals surface area contributed by atoms with Crippen LogP contribution >= 0.6 is 0 Å². The summed E-state index contributed by atoms with van der Waals surface area (Å²) in [5.41, 5.74) is -1.36. The minimum absolute atomic E-state index is 0.0182. The SMILES string of the molecule is CC(C)C(OC(=O)C1(C(=O)O)CCCC1)OC1CC2CC1C1CCCC21. The number of aliphatic carboxylic acids is 1. The van der Waals surface area contributed by atoms with E-state index in [9.17, 15) is 14.7 Å². The van der Waals surface area contributed by atoms with Crippen LogP contribution in [-0.2, 0) is 19.1 Å². The molecule has 0 aromatic carbocycles. The van der Waals surface area contributed by atoms with Crippen molar-refractivity contribution in [2.75, 3.05) is 0 Å². The quantitative estimate of drug-likeness (QED) is 0.438. The molecule has 2 bridgehead atoms. The Morgan fingerprint density at radius 2 is 1.69 bits per heavy atom. The number of ether oxygens (including phenoxy) is 2. The number of carbonyl (C=O) groups is 2. The molecule has 4 rings (SSSR count). The van der Waals surface area contributed by atoms with Crippen molar-refractivity contribution in [3.8, 4) is 0 Å². The van der Waals surface area contributed by atoms with Gasteiger partial charge in [0.05, 0.1) is 6.10 Å². The number of hydrogen-bond donors (Lipinski definition) is 1. The summed E-state index contributed by atoms with van der Waals surface area (Å²) >= 11 is 0. The molecule has 0 saturated heterocycles. The van der Waals surface area contributed by atoms with Crippen LogP contribution in [0.5, 0.6) is 0 Å². The molecule has 0 aromatic heterocycles. The number of hydrogen-bond acceptors (Lipinski definition) is 4. The summed E-state index contributed by atoms with van der Waals surface area (Å²) in [5.74, 6) is 1.45. The predicted octanol–water partition coefficient (Wildman–Crippen LogP) is 4.00. The van der Waals surface area contributed by atoms with Crippen LogP contribution in [0.1, 0.15) is 71.6 Å². The molecule has 0 heterocycles. The van der Waals surface area contributed by atoms with E-state index < -0.39 is 23.6 Å². The van der Waals surface area contributed by atoms with Crippen molar-refractivity contribution in [3.05, 3.63) is 0 Å². The highest BCUT2D eigenvalue weighted by Crippen LogP contribution is 2.59. The topological polar surface area (TPSA) is 72.8 Å². The summed E-state index contributed by atoms with van der Waals surface area (Å²) in [5, 5.41) is 9.62. The van der Waals surface area contributed by atoms with Crippen molar-refractivity contribution in [2.24, 2.45) is 35.0 Å². The van der Waals surface area contributed by atoms with Crippen molar-refractivity contribution in [1.82, 2.24) is 0 Å². The maximum Gasteiger partial charge on any atom is 0.325 e. The number of rotatable bonds is 6. The minimum Gasteiger partial charge on any atom is -0.480 e. The standard InChI is InChI=1S/C21H32O5/c1-12(2)18(26-20(24)21(19(22)23)8-3-4-9-21)25-17-11-13-10-16(17)15-7-5-6-14(13)15/h12-18H,3-11H2,1-2H3,(H,22,23). The molecule has 146 valence electrons. The van der Waals surface area contributed by atoms with E-state index in [-0.39, 0.29) is 12.0 Å². The Bertz CT molecular complexity index is 565. The fraction of sp³-hybridized carbons (Fsp3) is 0.905. The van der Waals surface area contributed by atoms with Crippen molar-refractivity contribution < 1.29 is 24.2 Å². The van der Waals surface area contributed by atoms with Gasteiger partial charge in [0.15, 0.2) is 5.41 Å². The molecule has 0 amide bonds. The summed E-state index contributed by atoms with van der Waals surface area (Å²) in [6.07, 6.45) is 8.21. The molecule has 0 aliphatic heterocycles. The molecule has 0 spiro atoms. The number of carboxylic acids is 1. The minimum atomic E-state index is -1.36. The lowest BCUT2D eigenvalue weighted by atomic mass is 9.80. The van der Waals surface area contributed by atoms with Gasteiger partial charge in [-0.25, -0.2) is 0 Å². The molecular weight excluding hydrogens is 332 g/mol. The zero-order valence-electron chi connectivity index (χ0n) is 16.0. The molecule has 0 radical (unpaired) electrons. The van der Waals surface area contributed by atoms with E-state index in [0.29, 0.717) is 18.8 Å². The Balaban J connectivity index is 1.42. The van der Waals surface area contributed by atoms with E-state index in [1.165, 1.54) is 25.7 Å². The average Bonchev–Trinajstić information content (AvgIpc) is 3.34. The zero-order chi connectivity index (χ0) is 18.5. The highest BCUT2D eigenvalue weighted by molar-refractivity contribution is 5.99. The maximum absolute atomic E-state index is 12.8. The van der Waals surface area contributed by atoms with Crippen LogP contribution in [0, 0.1) is 35.0 Å². The third-order valence-electron chi connectivity index (χ3n) is 7.70. The number of fused-ring (bicyclic) bond motifs is 5. The Labute approximate surface area is 155 Å². The third kappa shape index (κ3) is 2.87. The largest absolute Gasteiger partial charge is 0.480 e. The van der Waals surface area contributed by atoms with Gasteiger partial charge in [-0.1, -0.05) is 33.1 Å². The van der Waals surface area contributed by atoms with Crippen molar-refractivity contribution in [1.29, 1.82) is 0 Å². The van der Waals surface area contributed by atoms with Crippen molar-refractivity contribution in [2.45, 2.75) is 84.0 Å². The van der Waals surface area contributed by atoms with Crippen molar-refractivity contribution >= 4 is 11.9 Å². The van der Waals surface area contributed by atoms with Crippen LogP contribution < -0.4 is 0 Å². The average molecular weight is 364 g/mol. The molecule has 4 aliphatic rings. The molecule has 4 saturated carbocycles. The number of carboxylic acid groups (broad SMARTS) is 1. The molecule has 5 heteroatoms. The summed E-state index contributed by atoms with van der Waals surface area (Å²) in [7, 11) is 0. The maximum atomic E-state index is 12.8. The van der Waals surface area contributed by atoms with Gasteiger partial charge >= 0.3 is 11.9 Å². The second-order valence-electron chi connectivity index (χ2n) is 9.44. The number of carbonyl (C=O) groups excluding carboxylic acids is 1. The second kappa shape index (κ2) is 6.81. The second-order valence-corrected chi connectivity index (χ2v) is 9.44. The zero-order valence-corrected chi connectivity index (χ0v) is 16.0. The molecule has 0 aromatic rings.